The number of hydrogen-bond donors (Lipinski definition) is 1. The van der Waals surface area contributed by atoms with Crippen molar-refractivity contribution in [2.24, 2.45) is 0 Å². The molecule has 96 valence electrons. The number of esters is 1. The molecule has 0 aromatic heterocycles. The van der Waals surface area contributed by atoms with Crippen molar-refractivity contribution in [1.82, 2.24) is 0 Å². The van der Waals surface area contributed by atoms with Crippen LogP contribution < -0.4 is 5.32 Å². The first-order valence-corrected chi connectivity index (χ1v) is 5.82. The first-order chi connectivity index (χ1) is 8.40. The molecule has 0 saturated heterocycles. The maximum absolute atomic E-state index is 11.5. The smallest absolute Gasteiger partial charge is 0.325 e. The molecule has 0 bridgehead atoms. The summed E-state index contributed by atoms with van der Waals surface area (Å²) in [5, 5.41) is 11.5. The Morgan fingerprint density at radius 1 is 1.33 bits per heavy atom. The summed E-state index contributed by atoms with van der Waals surface area (Å²) in [5.74, 6) is -0.288. The van der Waals surface area contributed by atoms with Crippen LogP contribution in [-0.4, -0.2) is 18.1 Å². The maximum atomic E-state index is 11.5. The molecule has 0 aliphatic rings. The van der Waals surface area contributed by atoms with Gasteiger partial charge in [0.15, 0.2) is 0 Å². The van der Waals surface area contributed by atoms with Crippen molar-refractivity contribution in [1.29, 1.82) is 5.26 Å². The lowest BCUT2D eigenvalue weighted by atomic mass is 10.1. The van der Waals surface area contributed by atoms with Crippen molar-refractivity contribution in [2.75, 3.05) is 11.9 Å². The lowest BCUT2D eigenvalue weighted by molar-refractivity contribution is -0.152. The van der Waals surface area contributed by atoms with Gasteiger partial charge in [-0.25, -0.2) is 0 Å². The zero-order chi connectivity index (χ0) is 13.6. The van der Waals surface area contributed by atoms with Crippen LogP contribution in [0.2, 0.25) is 0 Å². The van der Waals surface area contributed by atoms with E-state index in [1.807, 2.05) is 45.0 Å². The molecule has 0 spiro atoms. The second-order valence-electron chi connectivity index (χ2n) is 4.97. The number of nitrogens with one attached hydrogen (secondary N) is 1. The fourth-order valence-corrected chi connectivity index (χ4v) is 1.38. The van der Waals surface area contributed by atoms with Gasteiger partial charge in [0.2, 0.25) is 0 Å². The van der Waals surface area contributed by atoms with Gasteiger partial charge >= 0.3 is 5.97 Å². The Morgan fingerprint density at radius 3 is 2.44 bits per heavy atom. The van der Waals surface area contributed by atoms with Gasteiger partial charge in [-0.15, -0.1) is 0 Å². The molecule has 0 atom stereocenters. The first-order valence-electron chi connectivity index (χ1n) is 5.82. The molecule has 1 aromatic carbocycles. The lowest BCUT2D eigenvalue weighted by Gasteiger charge is -2.19. The standard InChI is InChI=1S/C14H18N2O2/c1-14(2,3)18-13(17)10-16-12-6-4-11(5-7-12)8-9-15/h4-7,16H,8,10H2,1-3H3. The Kier molecular flexibility index (Phi) is 4.73. The van der Waals surface area contributed by atoms with Crippen molar-refractivity contribution in [2.45, 2.75) is 32.8 Å². The SMILES string of the molecule is CC(C)(C)OC(=O)CNc1ccc(CC#N)cc1. The van der Waals surface area contributed by atoms with Crippen molar-refractivity contribution in [3.8, 4) is 6.07 Å². The zero-order valence-corrected chi connectivity index (χ0v) is 11.0. The predicted molar refractivity (Wildman–Crippen MR) is 70.1 cm³/mol. The number of nitrogens with zero attached hydrogens (tertiary/aromatic N) is 1. The van der Waals surface area contributed by atoms with Gasteiger partial charge in [-0.05, 0) is 38.5 Å². The molecular weight excluding hydrogens is 228 g/mol. The summed E-state index contributed by atoms with van der Waals surface area (Å²) in [4.78, 5) is 11.5. The van der Waals surface area contributed by atoms with E-state index in [1.165, 1.54) is 0 Å². The summed E-state index contributed by atoms with van der Waals surface area (Å²) in [7, 11) is 0. The third kappa shape index (κ3) is 5.35. The summed E-state index contributed by atoms with van der Waals surface area (Å²) >= 11 is 0. The zero-order valence-electron chi connectivity index (χ0n) is 11.0. The Hall–Kier alpha value is -2.02. The van der Waals surface area contributed by atoms with Gasteiger partial charge in [0, 0.05) is 5.69 Å². The van der Waals surface area contributed by atoms with Crippen LogP contribution in [0.15, 0.2) is 24.3 Å². The summed E-state index contributed by atoms with van der Waals surface area (Å²) in [6.45, 7) is 5.64. The third-order valence-electron chi connectivity index (χ3n) is 2.09. The minimum atomic E-state index is -0.463. The molecule has 4 heteroatoms. The highest BCUT2D eigenvalue weighted by Crippen LogP contribution is 2.11. The number of hydrogen-bond acceptors (Lipinski definition) is 4. The molecule has 1 aromatic rings. The van der Waals surface area contributed by atoms with E-state index < -0.39 is 5.60 Å². The Balaban J connectivity index is 2.44. The van der Waals surface area contributed by atoms with Crippen molar-refractivity contribution in [3.63, 3.8) is 0 Å². The maximum Gasteiger partial charge on any atom is 0.325 e. The van der Waals surface area contributed by atoms with Gasteiger partial charge in [0.25, 0.3) is 0 Å². The molecule has 0 heterocycles. The second-order valence-corrected chi connectivity index (χ2v) is 4.97. The highest BCUT2D eigenvalue weighted by Gasteiger charge is 2.15. The van der Waals surface area contributed by atoms with E-state index in [1.54, 1.807) is 0 Å². The average molecular weight is 246 g/mol. The number of nitriles is 1. The lowest BCUT2D eigenvalue weighted by Crippen LogP contribution is -2.28. The molecule has 4 nitrogen and oxygen atoms in total. The monoisotopic (exact) mass is 246 g/mol. The average Bonchev–Trinajstić information content (AvgIpc) is 2.26. The molecule has 0 aliphatic carbocycles. The molecule has 0 amide bonds. The number of carbonyl (C=O) groups excluding carboxylic acids is 1. The molecule has 0 saturated carbocycles. The molecule has 0 aliphatic heterocycles. The van der Waals surface area contributed by atoms with E-state index in [0.717, 1.165) is 11.3 Å². The fourth-order valence-electron chi connectivity index (χ4n) is 1.38. The highest BCUT2D eigenvalue weighted by molar-refractivity contribution is 5.75. The van der Waals surface area contributed by atoms with Gasteiger partial charge in [0.05, 0.1) is 12.5 Å². The van der Waals surface area contributed by atoms with E-state index >= 15 is 0 Å². The van der Waals surface area contributed by atoms with E-state index in [2.05, 4.69) is 11.4 Å². The first kappa shape index (κ1) is 14.0. The van der Waals surface area contributed by atoms with Gasteiger partial charge in [-0.3, -0.25) is 4.79 Å². The van der Waals surface area contributed by atoms with Crippen LogP contribution in [0, 0.1) is 11.3 Å². The van der Waals surface area contributed by atoms with E-state index in [9.17, 15) is 4.79 Å². The Labute approximate surface area is 108 Å². The Bertz CT molecular complexity index is 438. The summed E-state index contributed by atoms with van der Waals surface area (Å²) in [5.41, 5.74) is 1.33. The number of anilines is 1. The third-order valence-corrected chi connectivity index (χ3v) is 2.09. The summed E-state index contributed by atoms with van der Waals surface area (Å²) < 4.78 is 5.18. The number of benzene rings is 1. The molecule has 1 N–H and O–H groups in total. The second kappa shape index (κ2) is 6.06. The molecule has 1 rings (SSSR count). The van der Waals surface area contributed by atoms with Gasteiger partial charge < -0.3 is 10.1 Å². The van der Waals surface area contributed by atoms with Crippen LogP contribution in [-0.2, 0) is 16.0 Å². The topological polar surface area (TPSA) is 62.1 Å². The van der Waals surface area contributed by atoms with Crippen LogP contribution in [0.4, 0.5) is 5.69 Å². The number of ether oxygens (including phenoxy) is 1. The van der Waals surface area contributed by atoms with Crippen LogP contribution in [0.5, 0.6) is 0 Å². The van der Waals surface area contributed by atoms with Crippen molar-refractivity contribution < 1.29 is 9.53 Å². The quantitative estimate of drug-likeness (QED) is 0.829. The largest absolute Gasteiger partial charge is 0.459 e. The Morgan fingerprint density at radius 2 is 1.94 bits per heavy atom. The van der Waals surface area contributed by atoms with Crippen LogP contribution in [0.25, 0.3) is 0 Å². The van der Waals surface area contributed by atoms with Crippen molar-refractivity contribution >= 4 is 11.7 Å². The minimum Gasteiger partial charge on any atom is -0.459 e. The molecule has 0 unspecified atom stereocenters. The minimum absolute atomic E-state index is 0.134. The normalized spacial score (nSPS) is 10.6. The number of carbonyl (C=O) groups is 1. The van der Waals surface area contributed by atoms with Crippen molar-refractivity contribution in [3.05, 3.63) is 29.8 Å². The van der Waals surface area contributed by atoms with E-state index in [-0.39, 0.29) is 12.5 Å². The van der Waals surface area contributed by atoms with Gasteiger partial charge in [-0.1, -0.05) is 12.1 Å². The van der Waals surface area contributed by atoms with Crippen LogP contribution in [0.3, 0.4) is 0 Å². The van der Waals surface area contributed by atoms with Crippen LogP contribution >= 0.6 is 0 Å². The van der Waals surface area contributed by atoms with Gasteiger partial charge in [0.1, 0.15) is 12.1 Å². The van der Waals surface area contributed by atoms with E-state index in [0.29, 0.717) is 6.42 Å². The molecule has 0 fully saturated rings. The highest BCUT2D eigenvalue weighted by atomic mass is 16.6. The molecule has 0 radical (unpaired) electrons. The van der Waals surface area contributed by atoms with Crippen LogP contribution in [0.1, 0.15) is 26.3 Å². The predicted octanol–water partition coefficient (Wildman–Crippen LogP) is 2.51. The molecular formula is C14H18N2O2. The number of rotatable bonds is 4. The summed E-state index contributed by atoms with van der Waals surface area (Å²) in [6, 6.07) is 9.50. The summed E-state index contributed by atoms with van der Waals surface area (Å²) in [6.07, 6.45) is 0.395. The van der Waals surface area contributed by atoms with Gasteiger partial charge in [-0.2, -0.15) is 5.26 Å². The fraction of sp³-hybridized carbons (Fsp3) is 0.429. The molecule has 18 heavy (non-hydrogen) atoms. The van der Waals surface area contributed by atoms with E-state index in [4.69, 9.17) is 10.00 Å².